The number of ether oxygens (including phenoxy) is 1. The molecule has 0 spiro atoms. The van der Waals surface area contributed by atoms with Crippen LogP contribution >= 0.6 is 0 Å². The van der Waals surface area contributed by atoms with Crippen molar-refractivity contribution < 1.29 is 14.1 Å². The van der Waals surface area contributed by atoms with Crippen LogP contribution in [0.2, 0.25) is 0 Å². The predicted molar refractivity (Wildman–Crippen MR) is 50.7 cm³/mol. The van der Waals surface area contributed by atoms with Crippen molar-refractivity contribution in [2.45, 2.75) is 6.92 Å². The van der Waals surface area contributed by atoms with E-state index in [1.54, 1.807) is 6.07 Å². The van der Waals surface area contributed by atoms with E-state index in [2.05, 4.69) is 5.16 Å². The molecule has 0 aliphatic rings. The molecule has 0 radical (unpaired) electrons. The standard InChI is InChI=1S/C10H9NO3/c1-6-7-3-4-9(13-2)8(5-12)10(7)14-11-6/h3-5H,1-2H3. The number of carbonyl (C=O) groups excluding carboxylic acids is 1. The maximum atomic E-state index is 10.8. The zero-order chi connectivity index (χ0) is 10.1. The molecular weight excluding hydrogens is 182 g/mol. The fraction of sp³-hybridized carbons (Fsp3) is 0.200. The third-order valence-electron chi connectivity index (χ3n) is 2.16. The van der Waals surface area contributed by atoms with Gasteiger partial charge in [-0.2, -0.15) is 0 Å². The van der Waals surface area contributed by atoms with E-state index >= 15 is 0 Å². The van der Waals surface area contributed by atoms with Gasteiger partial charge in [-0.25, -0.2) is 0 Å². The van der Waals surface area contributed by atoms with Crippen molar-refractivity contribution in [2.75, 3.05) is 7.11 Å². The number of aryl methyl sites for hydroxylation is 1. The Morgan fingerprint density at radius 1 is 1.50 bits per heavy atom. The molecular formula is C10H9NO3. The van der Waals surface area contributed by atoms with E-state index in [4.69, 9.17) is 9.26 Å². The van der Waals surface area contributed by atoms with Crippen LogP contribution in [0.1, 0.15) is 16.1 Å². The minimum Gasteiger partial charge on any atom is -0.496 e. The summed E-state index contributed by atoms with van der Waals surface area (Å²) in [6.45, 7) is 1.83. The van der Waals surface area contributed by atoms with Crippen molar-refractivity contribution in [3.05, 3.63) is 23.4 Å². The Kier molecular flexibility index (Phi) is 1.96. The Hall–Kier alpha value is -1.84. The van der Waals surface area contributed by atoms with Gasteiger partial charge in [0.05, 0.1) is 12.8 Å². The molecule has 0 atom stereocenters. The molecule has 72 valence electrons. The highest BCUT2D eigenvalue weighted by atomic mass is 16.5. The zero-order valence-electron chi connectivity index (χ0n) is 7.90. The van der Waals surface area contributed by atoms with Crippen molar-refractivity contribution in [3.63, 3.8) is 0 Å². The Labute approximate surface area is 80.4 Å². The smallest absolute Gasteiger partial charge is 0.181 e. The summed E-state index contributed by atoms with van der Waals surface area (Å²) >= 11 is 0. The van der Waals surface area contributed by atoms with Crippen LogP contribution in [0.4, 0.5) is 0 Å². The van der Waals surface area contributed by atoms with Crippen LogP contribution in [0, 0.1) is 6.92 Å². The second-order valence-electron chi connectivity index (χ2n) is 2.94. The van der Waals surface area contributed by atoms with E-state index in [9.17, 15) is 4.79 Å². The molecule has 2 rings (SSSR count). The quantitative estimate of drug-likeness (QED) is 0.681. The number of carbonyl (C=O) groups is 1. The number of benzene rings is 1. The molecule has 0 N–H and O–H groups in total. The lowest BCUT2D eigenvalue weighted by Gasteiger charge is -2.01. The van der Waals surface area contributed by atoms with Gasteiger partial charge >= 0.3 is 0 Å². The Morgan fingerprint density at radius 2 is 2.29 bits per heavy atom. The number of hydrogen-bond acceptors (Lipinski definition) is 4. The lowest BCUT2D eigenvalue weighted by atomic mass is 10.1. The molecule has 1 heterocycles. The molecule has 0 amide bonds. The van der Waals surface area contributed by atoms with Gasteiger partial charge in [-0.05, 0) is 19.1 Å². The first-order valence-electron chi connectivity index (χ1n) is 4.16. The summed E-state index contributed by atoms with van der Waals surface area (Å²) in [7, 11) is 1.51. The van der Waals surface area contributed by atoms with E-state index < -0.39 is 0 Å². The summed E-state index contributed by atoms with van der Waals surface area (Å²) in [6.07, 6.45) is 0.714. The van der Waals surface area contributed by atoms with Crippen molar-refractivity contribution >= 4 is 17.3 Å². The fourth-order valence-corrected chi connectivity index (χ4v) is 1.42. The van der Waals surface area contributed by atoms with E-state index in [1.165, 1.54) is 7.11 Å². The number of nitrogens with zero attached hydrogens (tertiary/aromatic N) is 1. The number of aldehydes is 1. The second kappa shape index (κ2) is 3.14. The predicted octanol–water partition coefficient (Wildman–Crippen LogP) is 1.96. The van der Waals surface area contributed by atoms with Gasteiger partial charge in [0, 0.05) is 5.39 Å². The minimum absolute atomic E-state index is 0.408. The zero-order valence-corrected chi connectivity index (χ0v) is 7.90. The third kappa shape index (κ3) is 1.08. The topological polar surface area (TPSA) is 52.3 Å². The van der Waals surface area contributed by atoms with Gasteiger partial charge in [0.2, 0.25) is 0 Å². The molecule has 0 unspecified atom stereocenters. The largest absolute Gasteiger partial charge is 0.496 e. The average Bonchev–Trinajstić information content (AvgIpc) is 2.59. The third-order valence-corrected chi connectivity index (χ3v) is 2.16. The highest BCUT2D eigenvalue weighted by molar-refractivity contribution is 5.98. The van der Waals surface area contributed by atoms with Crippen molar-refractivity contribution in [1.29, 1.82) is 0 Å². The Bertz CT molecular complexity index is 487. The Balaban J connectivity index is 2.84. The molecule has 0 saturated heterocycles. The number of hydrogen-bond donors (Lipinski definition) is 0. The summed E-state index contributed by atoms with van der Waals surface area (Å²) in [5, 5.41) is 4.63. The minimum atomic E-state index is 0.408. The lowest BCUT2D eigenvalue weighted by Crippen LogP contribution is -1.90. The first-order valence-corrected chi connectivity index (χ1v) is 4.16. The van der Waals surface area contributed by atoms with Crippen LogP contribution < -0.4 is 4.74 Å². The van der Waals surface area contributed by atoms with E-state index in [0.717, 1.165) is 11.1 Å². The van der Waals surface area contributed by atoms with E-state index in [1.807, 2.05) is 13.0 Å². The molecule has 0 aliphatic carbocycles. The lowest BCUT2D eigenvalue weighted by molar-refractivity contribution is 0.112. The molecule has 2 aromatic rings. The van der Waals surface area contributed by atoms with E-state index in [-0.39, 0.29) is 0 Å². The molecule has 14 heavy (non-hydrogen) atoms. The van der Waals surface area contributed by atoms with Crippen LogP contribution in [-0.2, 0) is 0 Å². The summed E-state index contributed by atoms with van der Waals surface area (Å²) in [5.74, 6) is 0.503. The number of rotatable bonds is 2. The molecule has 1 aromatic heterocycles. The van der Waals surface area contributed by atoms with Crippen molar-refractivity contribution in [3.8, 4) is 5.75 Å². The highest BCUT2D eigenvalue weighted by Crippen LogP contribution is 2.27. The first kappa shape index (κ1) is 8.74. The number of fused-ring (bicyclic) bond motifs is 1. The maximum absolute atomic E-state index is 10.8. The SMILES string of the molecule is COc1ccc2c(C)noc2c1C=O. The Morgan fingerprint density at radius 3 is 2.93 bits per heavy atom. The fourth-order valence-electron chi connectivity index (χ4n) is 1.42. The normalized spacial score (nSPS) is 10.4. The monoisotopic (exact) mass is 191 g/mol. The maximum Gasteiger partial charge on any atom is 0.181 e. The van der Waals surface area contributed by atoms with Gasteiger partial charge in [-0.3, -0.25) is 4.79 Å². The molecule has 1 aromatic carbocycles. The molecule has 4 heteroatoms. The van der Waals surface area contributed by atoms with Gasteiger partial charge in [0.25, 0.3) is 0 Å². The molecule has 0 saturated carbocycles. The van der Waals surface area contributed by atoms with Crippen LogP contribution in [0.3, 0.4) is 0 Å². The van der Waals surface area contributed by atoms with Crippen molar-refractivity contribution in [1.82, 2.24) is 5.16 Å². The van der Waals surface area contributed by atoms with Crippen LogP contribution in [-0.4, -0.2) is 18.6 Å². The van der Waals surface area contributed by atoms with Crippen LogP contribution in [0.5, 0.6) is 5.75 Å². The average molecular weight is 191 g/mol. The summed E-state index contributed by atoms with van der Waals surface area (Å²) in [4.78, 5) is 10.8. The second-order valence-corrected chi connectivity index (χ2v) is 2.94. The number of methoxy groups -OCH3 is 1. The summed E-state index contributed by atoms with van der Waals surface area (Å²) in [5.41, 5.74) is 1.66. The van der Waals surface area contributed by atoms with E-state index in [0.29, 0.717) is 23.2 Å². The van der Waals surface area contributed by atoms with Gasteiger partial charge < -0.3 is 9.26 Å². The first-order chi connectivity index (χ1) is 6.77. The van der Waals surface area contributed by atoms with Gasteiger partial charge in [-0.15, -0.1) is 0 Å². The molecule has 0 bridgehead atoms. The van der Waals surface area contributed by atoms with Crippen LogP contribution in [0.25, 0.3) is 11.0 Å². The summed E-state index contributed by atoms with van der Waals surface area (Å²) < 4.78 is 10.1. The highest BCUT2D eigenvalue weighted by Gasteiger charge is 2.13. The molecule has 0 aliphatic heterocycles. The van der Waals surface area contributed by atoms with Gasteiger partial charge in [0.1, 0.15) is 11.3 Å². The van der Waals surface area contributed by atoms with Gasteiger partial charge in [0.15, 0.2) is 11.9 Å². The number of aromatic nitrogens is 1. The molecule has 0 fully saturated rings. The summed E-state index contributed by atoms with van der Waals surface area (Å²) in [6, 6.07) is 3.56. The molecule has 4 nitrogen and oxygen atoms in total. The van der Waals surface area contributed by atoms with Crippen molar-refractivity contribution in [2.24, 2.45) is 0 Å². The van der Waals surface area contributed by atoms with Gasteiger partial charge in [-0.1, -0.05) is 5.16 Å². The van der Waals surface area contributed by atoms with Crippen LogP contribution in [0.15, 0.2) is 16.7 Å².